The number of benzene rings is 1. The number of carboxylic acids is 1. The monoisotopic (exact) mass is 222 g/mol. The predicted molar refractivity (Wildman–Crippen MR) is 62.7 cm³/mol. The minimum atomic E-state index is -0.919. The van der Waals surface area contributed by atoms with Crippen LogP contribution in [0, 0.1) is 0 Å². The van der Waals surface area contributed by atoms with Crippen LogP contribution >= 0.6 is 0 Å². The third kappa shape index (κ3) is 3.35. The molecule has 1 unspecified atom stereocenters. The van der Waals surface area contributed by atoms with Gasteiger partial charge in [0.25, 0.3) is 0 Å². The fraction of sp³-hybridized carbons (Fsp3) is 0.462. The van der Waals surface area contributed by atoms with Gasteiger partial charge in [0, 0.05) is 13.5 Å². The number of carbonyl (C=O) groups is 1. The van der Waals surface area contributed by atoms with Gasteiger partial charge in [0.1, 0.15) is 0 Å². The molecule has 0 spiro atoms. The molecule has 0 aliphatic rings. The average Bonchev–Trinajstić information content (AvgIpc) is 2.25. The second-order valence-electron chi connectivity index (χ2n) is 4.17. The number of aliphatic carboxylic acids is 1. The van der Waals surface area contributed by atoms with E-state index in [2.05, 4.69) is 19.9 Å². The zero-order valence-electron chi connectivity index (χ0n) is 9.93. The Morgan fingerprint density at radius 1 is 1.44 bits per heavy atom. The molecule has 0 fully saturated rings. The van der Waals surface area contributed by atoms with Gasteiger partial charge < -0.3 is 9.84 Å². The highest BCUT2D eigenvalue weighted by Gasteiger charge is 2.16. The fourth-order valence-electron chi connectivity index (χ4n) is 1.56. The first kappa shape index (κ1) is 12.7. The van der Waals surface area contributed by atoms with E-state index in [1.54, 1.807) is 0 Å². The van der Waals surface area contributed by atoms with Gasteiger partial charge in [-0.05, 0) is 17.0 Å². The maximum atomic E-state index is 10.8. The van der Waals surface area contributed by atoms with Crippen LogP contribution in [0.5, 0.6) is 0 Å². The van der Waals surface area contributed by atoms with Crippen LogP contribution in [-0.4, -0.2) is 24.3 Å². The third-order valence-electron chi connectivity index (χ3n) is 2.60. The summed E-state index contributed by atoms with van der Waals surface area (Å²) in [4.78, 5) is 10.8. The molecule has 88 valence electrons. The number of carboxylic acid groups (broad SMARTS) is 1. The molecule has 0 aromatic heterocycles. The molecule has 0 saturated heterocycles. The molecule has 1 rings (SSSR count). The van der Waals surface area contributed by atoms with E-state index in [9.17, 15) is 4.79 Å². The highest BCUT2D eigenvalue weighted by atomic mass is 16.5. The first-order valence-electron chi connectivity index (χ1n) is 5.39. The molecule has 0 aliphatic heterocycles. The van der Waals surface area contributed by atoms with Gasteiger partial charge >= 0.3 is 5.97 Å². The Hall–Kier alpha value is -1.35. The minimum absolute atomic E-state index is 0.409. The molecule has 3 nitrogen and oxygen atoms in total. The van der Waals surface area contributed by atoms with Gasteiger partial charge in [-0.25, -0.2) is 4.79 Å². The van der Waals surface area contributed by atoms with Crippen molar-refractivity contribution in [3.8, 4) is 0 Å². The van der Waals surface area contributed by atoms with Crippen LogP contribution in [0.15, 0.2) is 24.3 Å². The second kappa shape index (κ2) is 5.66. The number of hydrogen-bond donors (Lipinski definition) is 1. The quantitative estimate of drug-likeness (QED) is 0.832. The number of ether oxygens (including phenoxy) is 1. The molecular formula is C13H18O3. The lowest BCUT2D eigenvalue weighted by Crippen LogP contribution is -2.24. The van der Waals surface area contributed by atoms with Crippen molar-refractivity contribution >= 4 is 5.97 Å². The molecule has 0 amide bonds. The summed E-state index contributed by atoms with van der Waals surface area (Å²) >= 11 is 0. The van der Waals surface area contributed by atoms with E-state index < -0.39 is 12.1 Å². The molecule has 1 N–H and O–H groups in total. The zero-order chi connectivity index (χ0) is 12.1. The van der Waals surface area contributed by atoms with E-state index in [0.29, 0.717) is 12.3 Å². The molecular weight excluding hydrogens is 204 g/mol. The molecule has 0 aliphatic carbocycles. The SMILES string of the molecule is COC(Cc1cccc(C(C)C)c1)C(=O)O. The summed E-state index contributed by atoms with van der Waals surface area (Å²) in [6, 6.07) is 7.98. The van der Waals surface area contributed by atoms with Gasteiger partial charge in [-0.2, -0.15) is 0 Å². The summed E-state index contributed by atoms with van der Waals surface area (Å²) in [5.41, 5.74) is 2.22. The third-order valence-corrected chi connectivity index (χ3v) is 2.60. The van der Waals surface area contributed by atoms with Crippen molar-refractivity contribution in [2.24, 2.45) is 0 Å². The lowest BCUT2D eigenvalue weighted by atomic mass is 9.98. The van der Waals surface area contributed by atoms with Crippen molar-refractivity contribution in [1.82, 2.24) is 0 Å². The van der Waals surface area contributed by atoms with Crippen LogP contribution in [0.4, 0.5) is 0 Å². The molecule has 1 aromatic carbocycles. The van der Waals surface area contributed by atoms with E-state index in [4.69, 9.17) is 9.84 Å². The maximum absolute atomic E-state index is 10.8. The van der Waals surface area contributed by atoms with Gasteiger partial charge in [-0.1, -0.05) is 38.1 Å². The van der Waals surface area contributed by atoms with Crippen molar-refractivity contribution < 1.29 is 14.6 Å². The van der Waals surface area contributed by atoms with Crippen LogP contribution < -0.4 is 0 Å². The normalized spacial score (nSPS) is 12.8. The largest absolute Gasteiger partial charge is 0.479 e. The Bertz CT molecular complexity index is 358. The van der Waals surface area contributed by atoms with Gasteiger partial charge in [0.2, 0.25) is 0 Å². The summed E-state index contributed by atoms with van der Waals surface area (Å²) < 4.78 is 4.92. The van der Waals surface area contributed by atoms with Gasteiger partial charge in [0.15, 0.2) is 6.10 Å². The first-order chi connectivity index (χ1) is 7.54. The van der Waals surface area contributed by atoms with Crippen molar-refractivity contribution in [2.45, 2.75) is 32.3 Å². The molecule has 1 aromatic rings. The molecule has 0 radical (unpaired) electrons. The summed E-state index contributed by atoms with van der Waals surface area (Å²) in [5.74, 6) is -0.469. The Labute approximate surface area is 96.1 Å². The Balaban J connectivity index is 2.80. The minimum Gasteiger partial charge on any atom is -0.479 e. The van der Waals surface area contributed by atoms with Gasteiger partial charge in [-0.3, -0.25) is 0 Å². The Morgan fingerprint density at radius 3 is 2.62 bits per heavy atom. The van der Waals surface area contributed by atoms with E-state index in [-0.39, 0.29) is 0 Å². The summed E-state index contributed by atoms with van der Waals surface area (Å²) in [6.07, 6.45) is -0.353. The van der Waals surface area contributed by atoms with E-state index in [1.165, 1.54) is 12.7 Å². The molecule has 16 heavy (non-hydrogen) atoms. The van der Waals surface area contributed by atoms with Crippen molar-refractivity contribution in [2.75, 3.05) is 7.11 Å². The second-order valence-corrected chi connectivity index (χ2v) is 4.17. The molecule has 0 saturated carbocycles. The summed E-state index contributed by atoms with van der Waals surface area (Å²) in [6.45, 7) is 4.23. The van der Waals surface area contributed by atoms with E-state index in [1.807, 2.05) is 18.2 Å². The highest BCUT2D eigenvalue weighted by molar-refractivity contribution is 5.72. The van der Waals surface area contributed by atoms with Crippen LogP contribution in [0.3, 0.4) is 0 Å². The van der Waals surface area contributed by atoms with E-state index in [0.717, 1.165) is 5.56 Å². The number of methoxy groups -OCH3 is 1. The maximum Gasteiger partial charge on any atom is 0.333 e. The highest BCUT2D eigenvalue weighted by Crippen LogP contribution is 2.17. The zero-order valence-corrected chi connectivity index (χ0v) is 9.93. The van der Waals surface area contributed by atoms with Crippen LogP contribution in [0.25, 0.3) is 0 Å². The standard InChI is InChI=1S/C13H18O3/c1-9(2)11-6-4-5-10(7-11)8-12(16-3)13(14)15/h4-7,9,12H,8H2,1-3H3,(H,14,15). The molecule has 1 atom stereocenters. The number of rotatable bonds is 5. The molecule has 0 heterocycles. The number of hydrogen-bond acceptors (Lipinski definition) is 2. The molecule has 0 bridgehead atoms. The van der Waals surface area contributed by atoms with Gasteiger partial charge in [0.05, 0.1) is 0 Å². The summed E-state index contributed by atoms with van der Waals surface area (Å²) in [7, 11) is 1.42. The average molecular weight is 222 g/mol. The van der Waals surface area contributed by atoms with Crippen molar-refractivity contribution in [3.05, 3.63) is 35.4 Å². The Kier molecular flexibility index (Phi) is 4.50. The predicted octanol–water partition coefficient (Wildman–Crippen LogP) is 2.45. The first-order valence-corrected chi connectivity index (χ1v) is 5.39. The van der Waals surface area contributed by atoms with Crippen LogP contribution in [0.1, 0.15) is 30.9 Å². The van der Waals surface area contributed by atoms with Crippen LogP contribution in [0.2, 0.25) is 0 Å². The smallest absolute Gasteiger partial charge is 0.333 e. The Morgan fingerprint density at radius 2 is 2.12 bits per heavy atom. The molecule has 3 heteroatoms. The topological polar surface area (TPSA) is 46.5 Å². The fourth-order valence-corrected chi connectivity index (χ4v) is 1.56. The van der Waals surface area contributed by atoms with E-state index >= 15 is 0 Å². The lowest BCUT2D eigenvalue weighted by Gasteiger charge is -2.12. The van der Waals surface area contributed by atoms with Crippen molar-refractivity contribution in [3.63, 3.8) is 0 Å². The summed E-state index contributed by atoms with van der Waals surface area (Å²) in [5, 5.41) is 8.89. The van der Waals surface area contributed by atoms with Crippen LogP contribution in [-0.2, 0) is 16.0 Å². The van der Waals surface area contributed by atoms with Crippen molar-refractivity contribution in [1.29, 1.82) is 0 Å². The van der Waals surface area contributed by atoms with Gasteiger partial charge in [-0.15, -0.1) is 0 Å². The lowest BCUT2D eigenvalue weighted by molar-refractivity contribution is -0.148.